The predicted octanol–water partition coefficient (Wildman–Crippen LogP) is 1.60. The van der Waals surface area contributed by atoms with Gasteiger partial charge in [0.05, 0.1) is 18.2 Å². The van der Waals surface area contributed by atoms with Gasteiger partial charge in [-0.2, -0.15) is 0 Å². The third kappa shape index (κ3) is 6.10. The first-order valence-electron chi connectivity index (χ1n) is 9.39. The lowest BCUT2D eigenvalue weighted by molar-refractivity contribution is -0.120. The van der Waals surface area contributed by atoms with Crippen LogP contribution >= 0.6 is 11.3 Å². The third-order valence-corrected chi connectivity index (χ3v) is 5.60. The van der Waals surface area contributed by atoms with Crippen LogP contribution in [0.15, 0.2) is 29.6 Å². The van der Waals surface area contributed by atoms with E-state index in [0.29, 0.717) is 0 Å². The Morgan fingerprint density at radius 1 is 1.33 bits per heavy atom. The minimum Gasteiger partial charge on any atom is -0.392 e. The maximum atomic E-state index is 11.9. The molecule has 1 unspecified atom stereocenters. The van der Waals surface area contributed by atoms with Crippen LogP contribution in [-0.4, -0.2) is 71.7 Å². The summed E-state index contributed by atoms with van der Waals surface area (Å²) in [6.07, 6.45) is -0.299. The third-order valence-electron chi connectivity index (χ3n) is 4.66. The van der Waals surface area contributed by atoms with Crippen LogP contribution in [0.25, 0.3) is 10.6 Å². The second-order valence-electron chi connectivity index (χ2n) is 7.25. The number of likely N-dealkylation sites (N-methyl/N-ethyl adjacent to an activating group) is 1. The highest BCUT2D eigenvalue weighted by atomic mass is 32.1. The second kappa shape index (κ2) is 9.41. The van der Waals surface area contributed by atoms with Crippen molar-refractivity contribution in [2.45, 2.75) is 26.0 Å². The molecule has 1 aliphatic rings. The first-order chi connectivity index (χ1) is 13.0. The molecule has 0 saturated carbocycles. The fourth-order valence-electron chi connectivity index (χ4n) is 3.08. The van der Waals surface area contributed by atoms with Crippen molar-refractivity contribution in [3.8, 4) is 10.6 Å². The summed E-state index contributed by atoms with van der Waals surface area (Å²) in [5, 5.41) is 14.8. The van der Waals surface area contributed by atoms with Crippen molar-refractivity contribution >= 4 is 17.2 Å². The molecule has 1 amide bonds. The van der Waals surface area contributed by atoms with Crippen LogP contribution in [0.3, 0.4) is 0 Å². The van der Waals surface area contributed by atoms with E-state index in [-0.39, 0.29) is 18.9 Å². The van der Waals surface area contributed by atoms with Gasteiger partial charge >= 0.3 is 0 Å². The van der Waals surface area contributed by atoms with Gasteiger partial charge in [-0.25, -0.2) is 4.98 Å². The van der Waals surface area contributed by atoms with Gasteiger partial charge in [0.25, 0.3) is 0 Å². The predicted molar refractivity (Wildman–Crippen MR) is 109 cm³/mol. The van der Waals surface area contributed by atoms with Crippen molar-refractivity contribution in [2.24, 2.45) is 0 Å². The summed E-state index contributed by atoms with van der Waals surface area (Å²) < 4.78 is 0. The summed E-state index contributed by atoms with van der Waals surface area (Å²) in [7, 11) is 2.17. The summed E-state index contributed by atoms with van der Waals surface area (Å²) >= 11 is 1.56. The second-order valence-corrected chi connectivity index (χ2v) is 8.11. The topological polar surface area (TPSA) is 68.7 Å². The molecule has 0 aliphatic carbocycles. The molecule has 0 bridgehead atoms. The molecule has 1 atom stereocenters. The fourth-order valence-corrected chi connectivity index (χ4v) is 3.89. The lowest BCUT2D eigenvalue weighted by Crippen LogP contribution is -2.43. The molecule has 0 spiro atoms. The smallest absolute Gasteiger partial charge is 0.226 e. The zero-order valence-corrected chi connectivity index (χ0v) is 16.8. The standard InChI is InChI=1S/C20H28N4O2S/c1-15(25)12-21-19(26)11-18-14-27-20(22-18)17-5-3-4-16(10-17)13-24-8-6-23(2)7-9-24/h3-5,10,14-15,25H,6-9,11-13H2,1-2H3,(H,21,26). The summed E-state index contributed by atoms with van der Waals surface area (Å²) in [4.78, 5) is 21.4. The molecule has 6 nitrogen and oxygen atoms in total. The Morgan fingerprint density at radius 3 is 2.85 bits per heavy atom. The first-order valence-corrected chi connectivity index (χ1v) is 10.3. The number of aromatic nitrogens is 1. The van der Waals surface area contributed by atoms with E-state index < -0.39 is 6.10 Å². The number of amides is 1. The van der Waals surface area contributed by atoms with Gasteiger partial charge in [-0.05, 0) is 25.6 Å². The van der Waals surface area contributed by atoms with E-state index in [0.717, 1.165) is 49.0 Å². The number of hydrogen-bond donors (Lipinski definition) is 2. The molecule has 7 heteroatoms. The average molecular weight is 389 g/mol. The Kier molecular flexibility index (Phi) is 6.95. The van der Waals surface area contributed by atoms with Gasteiger partial charge in [0, 0.05) is 50.2 Å². The number of benzene rings is 1. The SMILES string of the molecule is CC(O)CNC(=O)Cc1csc(-c2cccc(CN3CCN(C)CC3)c2)n1. The molecule has 1 aromatic carbocycles. The number of nitrogens with one attached hydrogen (secondary N) is 1. The summed E-state index contributed by atoms with van der Waals surface area (Å²) in [6.45, 7) is 7.31. The van der Waals surface area contributed by atoms with Crippen LogP contribution in [0.2, 0.25) is 0 Å². The van der Waals surface area contributed by atoms with Crippen molar-refractivity contribution in [1.82, 2.24) is 20.1 Å². The first kappa shape index (κ1) is 19.9. The van der Waals surface area contributed by atoms with Gasteiger partial charge in [-0.3, -0.25) is 9.69 Å². The van der Waals surface area contributed by atoms with Crippen molar-refractivity contribution in [3.05, 3.63) is 40.9 Å². The molecule has 1 fully saturated rings. The Morgan fingerprint density at radius 2 is 2.11 bits per heavy atom. The minimum absolute atomic E-state index is 0.114. The van der Waals surface area contributed by atoms with Crippen LogP contribution in [0, 0.1) is 0 Å². The Balaban J connectivity index is 1.60. The maximum Gasteiger partial charge on any atom is 0.226 e. The lowest BCUT2D eigenvalue weighted by atomic mass is 10.1. The van der Waals surface area contributed by atoms with Crippen molar-refractivity contribution in [3.63, 3.8) is 0 Å². The maximum absolute atomic E-state index is 11.9. The number of carbonyl (C=O) groups excluding carboxylic acids is 1. The van der Waals surface area contributed by atoms with Gasteiger partial charge in [0.2, 0.25) is 5.91 Å². The zero-order valence-electron chi connectivity index (χ0n) is 16.0. The molecule has 146 valence electrons. The molecule has 1 aliphatic heterocycles. The lowest BCUT2D eigenvalue weighted by Gasteiger charge is -2.32. The number of hydrogen-bond acceptors (Lipinski definition) is 6. The zero-order chi connectivity index (χ0) is 19.2. The van der Waals surface area contributed by atoms with Gasteiger partial charge in [0.15, 0.2) is 0 Å². The van der Waals surface area contributed by atoms with E-state index >= 15 is 0 Å². The molecule has 2 heterocycles. The quantitative estimate of drug-likeness (QED) is 0.754. The van der Waals surface area contributed by atoms with E-state index in [1.54, 1.807) is 18.3 Å². The summed E-state index contributed by atoms with van der Waals surface area (Å²) in [5.74, 6) is -0.114. The van der Waals surface area contributed by atoms with Crippen molar-refractivity contribution in [1.29, 1.82) is 0 Å². The Labute approximate surface area is 164 Å². The number of aliphatic hydroxyl groups excluding tert-OH is 1. The largest absolute Gasteiger partial charge is 0.392 e. The molecule has 2 aromatic rings. The number of nitrogens with zero attached hydrogens (tertiary/aromatic N) is 3. The van der Waals surface area contributed by atoms with Crippen LogP contribution < -0.4 is 5.32 Å². The number of piperazine rings is 1. The highest BCUT2D eigenvalue weighted by molar-refractivity contribution is 7.13. The molecule has 1 saturated heterocycles. The van der Waals surface area contributed by atoms with Gasteiger partial charge in [-0.15, -0.1) is 11.3 Å². The molecular formula is C20H28N4O2S. The summed E-state index contributed by atoms with van der Waals surface area (Å²) in [5.41, 5.74) is 3.16. The molecular weight excluding hydrogens is 360 g/mol. The van der Waals surface area contributed by atoms with Crippen LogP contribution in [0.4, 0.5) is 0 Å². The monoisotopic (exact) mass is 388 g/mol. The van der Waals surface area contributed by atoms with E-state index in [2.05, 4.69) is 51.4 Å². The van der Waals surface area contributed by atoms with E-state index in [1.807, 2.05) is 5.38 Å². The number of rotatable bonds is 7. The fraction of sp³-hybridized carbons (Fsp3) is 0.500. The van der Waals surface area contributed by atoms with Crippen molar-refractivity contribution < 1.29 is 9.90 Å². The van der Waals surface area contributed by atoms with Gasteiger partial charge in [0.1, 0.15) is 5.01 Å². The average Bonchev–Trinajstić information content (AvgIpc) is 3.11. The highest BCUT2D eigenvalue weighted by Crippen LogP contribution is 2.25. The molecule has 2 N–H and O–H groups in total. The Hall–Kier alpha value is -1.80. The summed E-state index contributed by atoms with van der Waals surface area (Å²) in [6, 6.07) is 8.52. The number of aliphatic hydroxyl groups is 1. The van der Waals surface area contributed by atoms with E-state index in [9.17, 15) is 9.90 Å². The van der Waals surface area contributed by atoms with E-state index in [4.69, 9.17) is 0 Å². The van der Waals surface area contributed by atoms with Crippen molar-refractivity contribution in [2.75, 3.05) is 39.8 Å². The van der Waals surface area contributed by atoms with Crippen LogP contribution in [0.1, 0.15) is 18.2 Å². The minimum atomic E-state index is -0.539. The van der Waals surface area contributed by atoms with Gasteiger partial charge in [-0.1, -0.05) is 18.2 Å². The highest BCUT2D eigenvalue weighted by Gasteiger charge is 2.15. The van der Waals surface area contributed by atoms with Crippen LogP contribution in [0.5, 0.6) is 0 Å². The molecule has 1 aromatic heterocycles. The normalized spacial score (nSPS) is 17.0. The van der Waals surface area contributed by atoms with Gasteiger partial charge < -0.3 is 15.3 Å². The number of carbonyl (C=O) groups is 1. The molecule has 3 rings (SSSR count). The Bertz CT molecular complexity index is 754. The number of thiazole rings is 1. The molecule has 27 heavy (non-hydrogen) atoms. The van der Waals surface area contributed by atoms with Crippen LogP contribution in [-0.2, 0) is 17.8 Å². The van der Waals surface area contributed by atoms with E-state index in [1.165, 1.54) is 5.56 Å². The molecule has 0 radical (unpaired) electrons.